The van der Waals surface area contributed by atoms with Gasteiger partial charge < -0.3 is 5.32 Å². The molecule has 100 valence electrons. The Bertz CT molecular complexity index is 390. The van der Waals surface area contributed by atoms with Crippen LogP contribution in [0.1, 0.15) is 56.3 Å². The van der Waals surface area contributed by atoms with Crippen molar-refractivity contribution in [3.63, 3.8) is 0 Å². The van der Waals surface area contributed by atoms with Crippen molar-refractivity contribution in [2.24, 2.45) is 11.8 Å². The van der Waals surface area contributed by atoms with Gasteiger partial charge in [-0.1, -0.05) is 43.2 Å². The molecule has 1 aromatic rings. The van der Waals surface area contributed by atoms with Crippen LogP contribution in [0.3, 0.4) is 0 Å². The molecule has 2 rings (SSSR count). The van der Waals surface area contributed by atoms with Gasteiger partial charge >= 0.3 is 0 Å². The summed E-state index contributed by atoms with van der Waals surface area (Å²) >= 11 is 0. The number of hydrogen-bond acceptors (Lipinski definition) is 1. The van der Waals surface area contributed by atoms with Gasteiger partial charge in [0.15, 0.2) is 0 Å². The van der Waals surface area contributed by atoms with Gasteiger partial charge in [0, 0.05) is 12.1 Å². The molecule has 0 amide bonds. The summed E-state index contributed by atoms with van der Waals surface area (Å²) < 4.78 is 0. The van der Waals surface area contributed by atoms with E-state index in [1.165, 1.54) is 29.5 Å². The molecule has 1 aromatic carbocycles. The van der Waals surface area contributed by atoms with Crippen molar-refractivity contribution in [1.29, 1.82) is 0 Å². The minimum Gasteiger partial charge on any atom is -0.307 e. The van der Waals surface area contributed by atoms with Gasteiger partial charge in [0.05, 0.1) is 0 Å². The summed E-state index contributed by atoms with van der Waals surface area (Å²) in [6.45, 7) is 11.4. The average molecular weight is 245 g/mol. The molecule has 0 spiro atoms. The molecule has 0 aliphatic heterocycles. The van der Waals surface area contributed by atoms with Gasteiger partial charge in [-0.15, -0.1) is 0 Å². The number of rotatable bonds is 3. The highest BCUT2D eigenvalue weighted by molar-refractivity contribution is 5.30. The fourth-order valence-corrected chi connectivity index (χ4v) is 3.28. The largest absolute Gasteiger partial charge is 0.307 e. The van der Waals surface area contributed by atoms with E-state index in [1.54, 1.807) is 0 Å². The molecular weight excluding hydrogens is 218 g/mol. The maximum atomic E-state index is 3.83. The van der Waals surface area contributed by atoms with Crippen molar-refractivity contribution in [3.05, 3.63) is 34.9 Å². The zero-order chi connectivity index (χ0) is 13.3. The van der Waals surface area contributed by atoms with E-state index in [4.69, 9.17) is 0 Å². The monoisotopic (exact) mass is 245 g/mol. The van der Waals surface area contributed by atoms with Crippen LogP contribution in [0.5, 0.6) is 0 Å². The zero-order valence-corrected chi connectivity index (χ0v) is 12.5. The third-order valence-corrected chi connectivity index (χ3v) is 4.67. The summed E-state index contributed by atoms with van der Waals surface area (Å²) in [5.41, 5.74) is 4.16. The van der Waals surface area contributed by atoms with E-state index in [9.17, 15) is 0 Å². The van der Waals surface area contributed by atoms with Crippen molar-refractivity contribution >= 4 is 0 Å². The summed E-state index contributed by atoms with van der Waals surface area (Å²) in [5.74, 6) is 1.67. The van der Waals surface area contributed by atoms with Crippen LogP contribution < -0.4 is 5.32 Å². The van der Waals surface area contributed by atoms with Crippen molar-refractivity contribution in [2.45, 2.75) is 59.5 Å². The molecule has 1 aliphatic carbocycles. The first-order chi connectivity index (χ1) is 8.47. The molecule has 0 saturated heterocycles. The lowest BCUT2D eigenvalue weighted by Gasteiger charge is -2.25. The second-order valence-electron chi connectivity index (χ2n) is 6.33. The minimum atomic E-state index is 0.460. The molecule has 1 saturated carbocycles. The maximum Gasteiger partial charge on any atom is 0.0294 e. The van der Waals surface area contributed by atoms with Crippen LogP contribution >= 0.6 is 0 Å². The van der Waals surface area contributed by atoms with Crippen molar-refractivity contribution in [1.82, 2.24) is 5.32 Å². The first-order valence-electron chi connectivity index (χ1n) is 7.31. The molecule has 1 heteroatoms. The predicted molar refractivity (Wildman–Crippen MR) is 78.8 cm³/mol. The molecule has 1 N–H and O–H groups in total. The Morgan fingerprint density at radius 1 is 1.06 bits per heavy atom. The normalized spacial score (nSPS) is 29.5. The van der Waals surface area contributed by atoms with Crippen molar-refractivity contribution in [3.8, 4) is 0 Å². The smallest absolute Gasteiger partial charge is 0.0294 e. The topological polar surface area (TPSA) is 12.0 Å². The standard InChI is InChI=1S/C17H27N/c1-11-8-12(2)10-16(9-11)15(5)18-17-7-6-13(3)14(17)4/h8-10,13-15,17-18H,6-7H2,1-5H3. The summed E-state index contributed by atoms with van der Waals surface area (Å²) in [6, 6.07) is 8.02. The molecule has 1 nitrogen and oxygen atoms in total. The fraction of sp³-hybridized carbons (Fsp3) is 0.647. The van der Waals surface area contributed by atoms with Crippen LogP contribution in [0.2, 0.25) is 0 Å². The lowest BCUT2D eigenvalue weighted by molar-refractivity contribution is 0.347. The Morgan fingerprint density at radius 2 is 1.67 bits per heavy atom. The van der Waals surface area contributed by atoms with E-state index >= 15 is 0 Å². The zero-order valence-electron chi connectivity index (χ0n) is 12.5. The molecule has 0 bridgehead atoms. The van der Waals surface area contributed by atoms with Gasteiger partial charge in [0.2, 0.25) is 0 Å². The maximum absolute atomic E-state index is 3.83. The molecule has 1 aliphatic rings. The van der Waals surface area contributed by atoms with Crippen LogP contribution in [0.25, 0.3) is 0 Å². The lowest BCUT2D eigenvalue weighted by atomic mass is 9.96. The Morgan fingerprint density at radius 3 is 2.17 bits per heavy atom. The Balaban J connectivity index is 2.05. The second kappa shape index (κ2) is 5.44. The molecular formula is C17H27N. The number of nitrogens with one attached hydrogen (secondary N) is 1. The minimum absolute atomic E-state index is 0.460. The quantitative estimate of drug-likeness (QED) is 0.833. The summed E-state index contributed by atoms with van der Waals surface area (Å²) in [7, 11) is 0. The molecule has 4 unspecified atom stereocenters. The van der Waals surface area contributed by atoms with Gasteiger partial charge in [0.25, 0.3) is 0 Å². The van der Waals surface area contributed by atoms with E-state index in [2.05, 4.69) is 58.1 Å². The average Bonchev–Trinajstić information content (AvgIpc) is 2.59. The van der Waals surface area contributed by atoms with Gasteiger partial charge in [-0.3, -0.25) is 0 Å². The molecule has 4 atom stereocenters. The molecule has 0 heterocycles. The second-order valence-corrected chi connectivity index (χ2v) is 6.33. The van der Waals surface area contributed by atoms with Crippen molar-refractivity contribution < 1.29 is 0 Å². The first-order valence-corrected chi connectivity index (χ1v) is 7.31. The number of hydrogen-bond donors (Lipinski definition) is 1. The van der Waals surface area contributed by atoms with Gasteiger partial charge in [-0.05, 0) is 51.0 Å². The van der Waals surface area contributed by atoms with Gasteiger partial charge in [-0.25, -0.2) is 0 Å². The summed E-state index contributed by atoms with van der Waals surface area (Å²) in [6.07, 6.45) is 2.70. The highest BCUT2D eigenvalue weighted by Crippen LogP contribution is 2.32. The van der Waals surface area contributed by atoms with Crippen LogP contribution in [-0.2, 0) is 0 Å². The summed E-state index contributed by atoms with van der Waals surface area (Å²) in [5, 5.41) is 3.83. The Hall–Kier alpha value is -0.820. The Kier molecular flexibility index (Phi) is 4.11. The first kappa shape index (κ1) is 13.6. The molecule has 0 radical (unpaired) electrons. The van der Waals surface area contributed by atoms with Crippen LogP contribution in [0.15, 0.2) is 18.2 Å². The predicted octanol–water partition coefficient (Wildman–Crippen LogP) is 4.39. The molecule has 1 fully saturated rings. The van der Waals surface area contributed by atoms with E-state index in [-0.39, 0.29) is 0 Å². The third-order valence-electron chi connectivity index (χ3n) is 4.67. The van der Waals surface area contributed by atoms with E-state index in [1.807, 2.05) is 0 Å². The molecule has 0 aromatic heterocycles. The third kappa shape index (κ3) is 2.95. The highest BCUT2D eigenvalue weighted by atomic mass is 15.0. The molecule has 18 heavy (non-hydrogen) atoms. The van der Waals surface area contributed by atoms with Crippen LogP contribution in [0.4, 0.5) is 0 Å². The van der Waals surface area contributed by atoms with Crippen molar-refractivity contribution in [2.75, 3.05) is 0 Å². The van der Waals surface area contributed by atoms with E-state index < -0.39 is 0 Å². The van der Waals surface area contributed by atoms with E-state index in [0.717, 1.165) is 11.8 Å². The van der Waals surface area contributed by atoms with Gasteiger partial charge in [0.1, 0.15) is 0 Å². The Labute approximate surface area is 112 Å². The highest BCUT2D eigenvalue weighted by Gasteiger charge is 2.30. The number of benzene rings is 1. The number of aryl methyl sites for hydroxylation is 2. The van der Waals surface area contributed by atoms with Crippen LogP contribution in [0, 0.1) is 25.7 Å². The fourth-order valence-electron chi connectivity index (χ4n) is 3.28. The van der Waals surface area contributed by atoms with Gasteiger partial charge in [-0.2, -0.15) is 0 Å². The SMILES string of the molecule is Cc1cc(C)cc(C(C)NC2CCC(C)C2C)c1. The van der Waals surface area contributed by atoms with E-state index in [0.29, 0.717) is 12.1 Å². The lowest BCUT2D eigenvalue weighted by Crippen LogP contribution is -2.34. The summed E-state index contributed by atoms with van der Waals surface area (Å²) in [4.78, 5) is 0. The van der Waals surface area contributed by atoms with Crippen LogP contribution in [-0.4, -0.2) is 6.04 Å².